The summed E-state index contributed by atoms with van der Waals surface area (Å²) in [6, 6.07) is 11.2. The zero-order chi connectivity index (χ0) is 23.4. The maximum atomic E-state index is 13.6. The van der Waals surface area contributed by atoms with Crippen molar-refractivity contribution >= 4 is 44.2 Å². The lowest BCUT2D eigenvalue weighted by molar-refractivity contribution is 0.0376. The molecule has 2 aromatic carbocycles. The number of aryl methyl sites for hydroxylation is 1. The van der Waals surface area contributed by atoms with Crippen molar-refractivity contribution in [3.05, 3.63) is 52.5 Å². The molecule has 2 heterocycles. The number of nitrogens with zero attached hydrogens (tertiary/aromatic N) is 3. The number of hydrogen-bond acceptors (Lipinski definition) is 6. The van der Waals surface area contributed by atoms with E-state index in [4.69, 9.17) is 26.1 Å². The molecule has 6 nitrogen and oxygen atoms in total. The minimum absolute atomic E-state index is 0.0594. The van der Waals surface area contributed by atoms with E-state index in [9.17, 15) is 4.79 Å². The van der Waals surface area contributed by atoms with Gasteiger partial charge in [0.25, 0.3) is 5.91 Å². The van der Waals surface area contributed by atoms with Crippen molar-refractivity contribution < 1.29 is 14.3 Å². The Morgan fingerprint density at radius 1 is 1.24 bits per heavy atom. The first-order valence-corrected chi connectivity index (χ1v) is 12.6. The second-order valence-electron chi connectivity index (χ2n) is 8.52. The number of amides is 1. The van der Waals surface area contributed by atoms with Crippen molar-refractivity contribution in [2.75, 3.05) is 44.3 Å². The number of thiazole rings is 1. The van der Waals surface area contributed by atoms with Gasteiger partial charge in [0, 0.05) is 36.8 Å². The van der Waals surface area contributed by atoms with E-state index in [1.165, 1.54) is 11.3 Å². The Morgan fingerprint density at radius 3 is 2.67 bits per heavy atom. The molecule has 1 amide bonds. The smallest absolute Gasteiger partial charge is 0.260 e. The molecule has 0 bridgehead atoms. The fourth-order valence-electron chi connectivity index (χ4n) is 3.92. The molecule has 1 aliphatic rings. The van der Waals surface area contributed by atoms with E-state index >= 15 is 0 Å². The van der Waals surface area contributed by atoms with Gasteiger partial charge >= 0.3 is 0 Å². The highest BCUT2D eigenvalue weighted by Crippen LogP contribution is 2.34. The summed E-state index contributed by atoms with van der Waals surface area (Å²) in [5, 5.41) is 1.38. The quantitative estimate of drug-likeness (QED) is 0.425. The maximum Gasteiger partial charge on any atom is 0.260 e. The molecule has 1 fully saturated rings. The van der Waals surface area contributed by atoms with Gasteiger partial charge in [-0.1, -0.05) is 22.9 Å². The molecule has 4 rings (SSSR count). The van der Waals surface area contributed by atoms with E-state index in [0.29, 0.717) is 22.3 Å². The van der Waals surface area contributed by atoms with Gasteiger partial charge in [-0.25, -0.2) is 4.98 Å². The van der Waals surface area contributed by atoms with E-state index < -0.39 is 0 Å². The Hall–Kier alpha value is -2.19. The molecular weight excluding hydrogens is 458 g/mol. The number of morpholine rings is 1. The van der Waals surface area contributed by atoms with Crippen LogP contribution in [0.15, 0.2) is 36.4 Å². The van der Waals surface area contributed by atoms with Crippen LogP contribution < -0.4 is 9.64 Å². The van der Waals surface area contributed by atoms with Crippen LogP contribution in [0, 0.1) is 6.92 Å². The lowest BCUT2D eigenvalue weighted by atomic mass is 10.2. The fraction of sp³-hybridized carbons (Fsp3) is 0.440. The minimum Gasteiger partial charge on any atom is -0.491 e. The molecule has 3 aromatic rings. The Balaban J connectivity index is 1.57. The third-order valence-corrected chi connectivity index (χ3v) is 6.79. The van der Waals surface area contributed by atoms with Crippen molar-refractivity contribution in [2.45, 2.75) is 33.3 Å². The first-order valence-electron chi connectivity index (χ1n) is 11.4. The van der Waals surface area contributed by atoms with Crippen molar-refractivity contribution in [3.63, 3.8) is 0 Å². The molecule has 0 N–H and O–H groups in total. The number of halogens is 1. The zero-order valence-corrected chi connectivity index (χ0v) is 20.9. The highest BCUT2D eigenvalue weighted by molar-refractivity contribution is 7.22. The van der Waals surface area contributed by atoms with Crippen molar-refractivity contribution in [2.24, 2.45) is 0 Å². The van der Waals surface area contributed by atoms with Crippen LogP contribution in [0.2, 0.25) is 5.02 Å². The van der Waals surface area contributed by atoms with Crippen molar-refractivity contribution in [1.29, 1.82) is 0 Å². The second-order valence-corrected chi connectivity index (χ2v) is 9.97. The Labute approximate surface area is 204 Å². The predicted molar refractivity (Wildman–Crippen MR) is 135 cm³/mol. The SMILES string of the molecule is Cc1cc(Cl)cc2sc(N(CCCN3CCOCC3)C(=O)c3ccc(OC(C)C)cc3)nc12. The van der Waals surface area contributed by atoms with Gasteiger partial charge in [-0.05, 0) is 69.2 Å². The van der Waals surface area contributed by atoms with Crippen LogP contribution in [0.25, 0.3) is 10.2 Å². The number of ether oxygens (including phenoxy) is 2. The molecular formula is C25H30ClN3O3S. The molecule has 0 atom stereocenters. The van der Waals surface area contributed by atoms with Gasteiger partial charge in [0.1, 0.15) is 5.75 Å². The third-order valence-electron chi connectivity index (χ3n) is 5.55. The molecule has 0 unspecified atom stereocenters. The van der Waals surface area contributed by atoms with E-state index in [1.54, 1.807) is 4.90 Å². The summed E-state index contributed by atoms with van der Waals surface area (Å²) in [5.41, 5.74) is 2.52. The summed E-state index contributed by atoms with van der Waals surface area (Å²) < 4.78 is 12.2. The number of hydrogen-bond donors (Lipinski definition) is 0. The Kier molecular flexibility index (Phi) is 7.86. The first-order chi connectivity index (χ1) is 15.9. The Bertz CT molecular complexity index is 1090. The largest absolute Gasteiger partial charge is 0.491 e. The number of aromatic nitrogens is 1. The lowest BCUT2D eigenvalue weighted by Crippen LogP contribution is -2.39. The van der Waals surface area contributed by atoms with Crippen LogP contribution in [-0.2, 0) is 4.74 Å². The minimum atomic E-state index is -0.0594. The monoisotopic (exact) mass is 487 g/mol. The fourth-order valence-corrected chi connectivity index (χ4v) is 5.37. The lowest BCUT2D eigenvalue weighted by Gasteiger charge is -2.27. The van der Waals surface area contributed by atoms with E-state index in [0.717, 1.165) is 60.8 Å². The summed E-state index contributed by atoms with van der Waals surface area (Å²) in [7, 11) is 0. The standard InChI is InChI=1S/C25H30ClN3O3S/c1-17(2)32-21-7-5-19(6-8-21)24(30)29(10-4-9-28-11-13-31-14-12-28)25-27-23-18(3)15-20(26)16-22(23)33-25/h5-8,15-17H,4,9-14H2,1-3H3. The van der Waals surface area contributed by atoms with Crippen LogP contribution >= 0.6 is 22.9 Å². The second kappa shape index (κ2) is 10.8. The molecule has 0 radical (unpaired) electrons. The normalized spacial score (nSPS) is 14.7. The van der Waals surface area contributed by atoms with Crippen LogP contribution in [0.5, 0.6) is 5.75 Å². The van der Waals surface area contributed by atoms with Gasteiger partial charge < -0.3 is 9.47 Å². The van der Waals surface area contributed by atoms with E-state index in [2.05, 4.69) is 4.90 Å². The zero-order valence-electron chi connectivity index (χ0n) is 19.3. The molecule has 8 heteroatoms. The topological polar surface area (TPSA) is 54.9 Å². The highest BCUT2D eigenvalue weighted by Gasteiger charge is 2.22. The van der Waals surface area contributed by atoms with Crippen LogP contribution in [0.1, 0.15) is 36.2 Å². The van der Waals surface area contributed by atoms with E-state index in [1.807, 2.05) is 57.2 Å². The summed E-state index contributed by atoms with van der Waals surface area (Å²) in [6.07, 6.45) is 0.941. The van der Waals surface area contributed by atoms with Gasteiger partial charge in [0.2, 0.25) is 0 Å². The van der Waals surface area contributed by atoms with Crippen molar-refractivity contribution in [3.8, 4) is 5.75 Å². The predicted octanol–water partition coefficient (Wildman–Crippen LogP) is 5.41. The number of carbonyl (C=O) groups is 1. The number of benzene rings is 2. The molecule has 0 spiro atoms. The number of rotatable bonds is 8. The van der Waals surface area contributed by atoms with Gasteiger partial charge in [0.15, 0.2) is 5.13 Å². The van der Waals surface area contributed by atoms with Gasteiger partial charge in [0.05, 0.1) is 29.5 Å². The van der Waals surface area contributed by atoms with Crippen LogP contribution in [-0.4, -0.2) is 61.3 Å². The van der Waals surface area contributed by atoms with Crippen LogP contribution in [0.3, 0.4) is 0 Å². The summed E-state index contributed by atoms with van der Waals surface area (Å²) in [6.45, 7) is 10.9. The molecule has 0 aliphatic carbocycles. The van der Waals surface area contributed by atoms with Crippen LogP contribution in [0.4, 0.5) is 5.13 Å². The van der Waals surface area contributed by atoms with Gasteiger partial charge in [-0.3, -0.25) is 14.6 Å². The summed E-state index contributed by atoms with van der Waals surface area (Å²) in [4.78, 5) is 22.6. The number of anilines is 1. The van der Waals surface area contributed by atoms with E-state index in [-0.39, 0.29) is 12.0 Å². The summed E-state index contributed by atoms with van der Waals surface area (Å²) in [5.74, 6) is 0.696. The molecule has 1 aliphatic heterocycles. The molecule has 1 aromatic heterocycles. The molecule has 0 saturated carbocycles. The number of carbonyl (C=O) groups excluding carboxylic acids is 1. The first kappa shape index (κ1) is 24.0. The molecule has 1 saturated heterocycles. The molecule has 176 valence electrons. The summed E-state index contributed by atoms with van der Waals surface area (Å²) >= 11 is 7.77. The molecule has 33 heavy (non-hydrogen) atoms. The third kappa shape index (κ3) is 6.03. The van der Waals surface area contributed by atoms with Crippen molar-refractivity contribution in [1.82, 2.24) is 9.88 Å². The maximum absolute atomic E-state index is 13.6. The Morgan fingerprint density at radius 2 is 1.97 bits per heavy atom. The average Bonchev–Trinajstić information content (AvgIpc) is 3.21. The average molecular weight is 488 g/mol. The van der Waals surface area contributed by atoms with Gasteiger partial charge in [-0.2, -0.15) is 0 Å². The van der Waals surface area contributed by atoms with Gasteiger partial charge in [-0.15, -0.1) is 0 Å². The highest BCUT2D eigenvalue weighted by atomic mass is 35.5. The number of fused-ring (bicyclic) bond motifs is 1.